The first-order chi connectivity index (χ1) is 16.5. The fourth-order valence-electron chi connectivity index (χ4n) is 4.86. The summed E-state index contributed by atoms with van der Waals surface area (Å²) in [5.74, 6) is -1.29. The average Bonchev–Trinajstić information content (AvgIpc) is 3.51. The average molecular weight is 510 g/mol. The van der Waals surface area contributed by atoms with Gasteiger partial charge in [0, 0.05) is 30.6 Å². The number of hydrogen-bond donors (Lipinski definition) is 1. The van der Waals surface area contributed by atoms with Crippen LogP contribution in [0.25, 0.3) is 20.9 Å². The van der Waals surface area contributed by atoms with Gasteiger partial charge in [-0.25, -0.2) is 14.4 Å². The van der Waals surface area contributed by atoms with Crippen LogP contribution in [0, 0.1) is 11.7 Å². The van der Waals surface area contributed by atoms with E-state index in [0.29, 0.717) is 30.1 Å². The van der Waals surface area contributed by atoms with Gasteiger partial charge in [-0.2, -0.15) is 0 Å². The van der Waals surface area contributed by atoms with Crippen LogP contribution < -0.4 is 0 Å². The zero-order valence-electron chi connectivity index (χ0n) is 19.0. The molecule has 1 aliphatic carbocycles. The van der Waals surface area contributed by atoms with E-state index in [0.717, 1.165) is 41.0 Å². The molecule has 180 valence electrons. The molecule has 0 atom stereocenters. The van der Waals surface area contributed by atoms with Crippen molar-refractivity contribution < 1.29 is 14.3 Å². The third kappa shape index (κ3) is 4.44. The number of carboxylic acids is 1. The van der Waals surface area contributed by atoms with Gasteiger partial charge in [0.25, 0.3) is 0 Å². The molecule has 1 saturated heterocycles. The number of halogens is 2. The molecule has 0 bridgehead atoms. The molecule has 4 aromatic rings. The zero-order valence-corrected chi connectivity index (χ0v) is 20.6. The molecule has 1 saturated carbocycles. The molecule has 35 heavy (non-hydrogen) atoms. The molecule has 2 fully saturated rings. The Morgan fingerprint density at radius 3 is 2.54 bits per heavy atom. The number of pyridine rings is 1. The highest BCUT2D eigenvalue weighted by atomic mass is 35.5. The van der Waals surface area contributed by atoms with E-state index < -0.39 is 5.97 Å². The van der Waals surface area contributed by atoms with Crippen LogP contribution in [0.4, 0.5) is 4.39 Å². The van der Waals surface area contributed by atoms with E-state index >= 15 is 4.39 Å². The summed E-state index contributed by atoms with van der Waals surface area (Å²) in [4.78, 5) is 23.5. The van der Waals surface area contributed by atoms with Gasteiger partial charge in [-0.3, -0.25) is 4.79 Å². The number of carbonyl (C=O) groups is 1. The Kier molecular flexibility index (Phi) is 6.34. The monoisotopic (exact) mass is 509 g/mol. The number of hydrogen-bond acceptors (Lipinski definition) is 5. The van der Waals surface area contributed by atoms with E-state index in [1.54, 1.807) is 12.1 Å². The summed E-state index contributed by atoms with van der Waals surface area (Å²) in [6, 6.07) is 19.9. The standard InChI is InChI=1S/C27H24FN3O2S.ClH/c28-21-14-17(10-13-31-15-18(16-31)26(32)33)6-7-20(21)24-29-22-8-9-23(30-25(22)34-24)27(11-12-27)19-4-2-1-3-5-19;/h1-9,14,18H,10-13,15-16H2,(H,32,33);1H. The topological polar surface area (TPSA) is 66.3 Å². The molecule has 0 spiro atoms. The van der Waals surface area contributed by atoms with Crippen molar-refractivity contribution in [3.05, 3.63) is 83.3 Å². The maximum atomic E-state index is 15.0. The summed E-state index contributed by atoms with van der Waals surface area (Å²) in [6.45, 7) is 1.88. The van der Waals surface area contributed by atoms with E-state index in [-0.39, 0.29) is 29.6 Å². The molecule has 2 aliphatic rings. The minimum Gasteiger partial charge on any atom is -0.481 e. The summed E-state index contributed by atoms with van der Waals surface area (Å²) in [7, 11) is 0. The molecule has 5 nitrogen and oxygen atoms in total. The molecular formula is C27H25ClFN3O2S. The van der Waals surface area contributed by atoms with E-state index in [1.807, 2.05) is 18.2 Å². The van der Waals surface area contributed by atoms with Gasteiger partial charge in [0.15, 0.2) is 0 Å². The lowest BCUT2D eigenvalue weighted by Crippen LogP contribution is -2.50. The Morgan fingerprint density at radius 2 is 1.86 bits per heavy atom. The van der Waals surface area contributed by atoms with Gasteiger partial charge < -0.3 is 10.0 Å². The molecule has 2 aromatic heterocycles. The van der Waals surface area contributed by atoms with Crippen molar-refractivity contribution in [2.75, 3.05) is 19.6 Å². The minimum atomic E-state index is -0.739. The van der Waals surface area contributed by atoms with Crippen LogP contribution in [0.5, 0.6) is 0 Å². The van der Waals surface area contributed by atoms with Crippen LogP contribution >= 0.6 is 23.7 Å². The Balaban J connectivity index is 0.00000253. The Bertz CT molecular complexity index is 1380. The third-order valence-corrected chi connectivity index (χ3v) is 8.11. The number of fused-ring (bicyclic) bond motifs is 1. The fourth-order valence-corrected chi connectivity index (χ4v) is 5.82. The van der Waals surface area contributed by atoms with E-state index in [2.05, 4.69) is 40.2 Å². The third-order valence-electron chi connectivity index (χ3n) is 7.11. The lowest BCUT2D eigenvalue weighted by molar-refractivity contribution is -0.147. The smallest absolute Gasteiger partial charge is 0.309 e. The number of aromatic nitrogens is 2. The number of carboxylic acid groups (broad SMARTS) is 1. The molecular weight excluding hydrogens is 485 g/mol. The summed E-state index contributed by atoms with van der Waals surface area (Å²) in [5.41, 5.74) is 4.54. The van der Waals surface area contributed by atoms with Crippen LogP contribution in [0.3, 0.4) is 0 Å². The molecule has 0 unspecified atom stereocenters. The predicted octanol–water partition coefficient (Wildman–Crippen LogP) is 5.56. The molecule has 0 radical (unpaired) electrons. The van der Waals surface area contributed by atoms with Crippen molar-refractivity contribution >= 4 is 40.1 Å². The normalized spacial score (nSPS) is 17.1. The van der Waals surface area contributed by atoms with Crippen LogP contribution in [0.2, 0.25) is 0 Å². The van der Waals surface area contributed by atoms with Gasteiger partial charge in [-0.05, 0) is 54.7 Å². The summed E-state index contributed by atoms with van der Waals surface area (Å²) in [6.07, 6.45) is 2.87. The van der Waals surface area contributed by atoms with Crippen molar-refractivity contribution in [3.8, 4) is 10.6 Å². The van der Waals surface area contributed by atoms with Crippen molar-refractivity contribution in [2.24, 2.45) is 5.92 Å². The second-order valence-corrected chi connectivity index (χ2v) is 10.3. The van der Waals surface area contributed by atoms with E-state index in [9.17, 15) is 4.79 Å². The summed E-state index contributed by atoms with van der Waals surface area (Å²) < 4.78 is 15.0. The molecule has 1 N–H and O–H groups in total. The van der Waals surface area contributed by atoms with Crippen molar-refractivity contribution in [1.82, 2.24) is 14.9 Å². The maximum absolute atomic E-state index is 15.0. The van der Waals surface area contributed by atoms with Crippen molar-refractivity contribution in [2.45, 2.75) is 24.7 Å². The summed E-state index contributed by atoms with van der Waals surface area (Å²) in [5, 5.41) is 9.63. The van der Waals surface area contributed by atoms with E-state index in [4.69, 9.17) is 10.1 Å². The van der Waals surface area contributed by atoms with Gasteiger partial charge in [0.2, 0.25) is 0 Å². The number of nitrogens with zero attached hydrogens (tertiary/aromatic N) is 3. The van der Waals surface area contributed by atoms with E-state index in [1.165, 1.54) is 16.9 Å². The fraction of sp³-hybridized carbons (Fsp3) is 0.296. The molecule has 6 rings (SSSR count). The summed E-state index contributed by atoms with van der Waals surface area (Å²) >= 11 is 1.43. The first-order valence-electron chi connectivity index (χ1n) is 11.6. The highest BCUT2D eigenvalue weighted by Crippen LogP contribution is 2.53. The van der Waals surface area contributed by atoms with Crippen molar-refractivity contribution in [3.63, 3.8) is 0 Å². The Labute approximate surface area is 213 Å². The van der Waals surface area contributed by atoms with Crippen molar-refractivity contribution in [1.29, 1.82) is 0 Å². The second kappa shape index (κ2) is 9.30. The molecule has 3 heterocycles. The highest BCUT2D eigenvalue weighted by molar-refractivity contribution is 7.21. The van der Waals surface area contributed by atoms with Crippen LogP contribution in [0.15, 0.2) is 60.7 Å². The largest absolute Gasteiger partial charge is 0.481 e. The number of thiazole rings is 1. The maximum Gasteiger partial charge on any atom is 0.309 e. The van der Waals surface area contributed by atoms with Gasteiger partial charge >= 0.3 is 5.97 Å². The predicted molar refractivity (Wildman–Crippen MR) is 138 cm³/mol. The Hall–Kier alpha value is -2.87. The zero-order chi connectivity index (χ0) is 23.3. The van der Waals surface area contributed by atoms with Gasteiger partial charge in [0.1, 0.15) is 21.2 Å². The molecule has 1 aliphatic heterocycles. The number of aliphatic carboxylic acids is 1. The molecule has 8 heteroatoms. The number of rotatable bonds is 7. The Morgan fingerprint density at radius 1 is 1.09 bits per heavy atom. The second-order valence-electron chi connectivity index (χ2n) is 9.35. The van der Waals surface area contributed by atoms with Crippen LogP contribution in [-0.4, -0.2) is 45.6 Å². The first-order valence-corrected chi connectivity index (χ1v) is 12.4. The molecule has 0 amide bonds. The highest BCUT2D eigenvalue weighted by Gasteiger charge is 2.47. The van der Waals surface area contributed by atoms with Crippen LogP contribution in [0.1, 0.15) is 29.7 Å². The van der Waals surface area contributed by atoms with Gasteiger partial charge in [0.05, 0.1) is 11.6 Å². The minimum absolute atomic E-state index is 0. The first kappa shape index (κ1) is 23.9. The molecule has 2 aromatic carbocycles. The lowest BCUT2D eigenvalue weighted by Gasteiger charge is -2.36. The number of likely N-dealkylation sites (tertiary alicyclic amines) is 1. The lowest BCUT2D eigenvalue weighted by atomic mass is 9.92. The SMILES string of the molecule is Cl.O=C(O)C1CN(CCc2ccc(-c3nc4ccc(C5(c6ccccc6)CC5)nc4s3)c(F)c2)C1. The quantitative estimate of drug-likeness (QED) is 0.353. The van der Waals surface area contributed by atoms with Crippen LogP contribution in [-0.2, 0) is 16.6 Å². The van der Waals surface area contributed by atoms with Gasteiger partial charge in [-0.15, -0.1) is 12.4 Å². The number of benzene rings is 2. The van der Waals surface area contributed by atoms with Gasteiger partial charge in [-0.1, -0.05) is 47.7 Å².